The van der Waals surface area contributed by atoms with Crippen LogP contribution in [-0.4, -0.2) is 65.8 Å². The van der Waals surface area contributed by atoms with Crippen LogP contribution in [0.3, 0.4) is 0 Å². The molecule has 2 aliphatic rings. The Morgan fingerprint density at radius 3 is 2.38 bits per heavy atom. The number of rotatable bonds is 4. The summed E-state index contributed by atoms with van der Waals surface area (Å²) in [5.41, 5.74) is 2.65. The zero-order valence-electron chi connectivity index (χ0n) is 15.7. The fourth-order valence-corrected chi connectivity index (χ4v) is 3.74. The van der Waals surface area contributed by atoms with Gasteiger partial charge >= 0.3 is 0 Å². The Hall–Kier alpha value is -3.40. The first kappa shape index (κ1) is 16.5. The fourth-order valence-electron chi connectivity index (χ4n) is 3.74. The van der Waals surface area contributed by atoms with Crippen LogP contribution < -0.4 is 4.90 Å². The maximum Gasteiger partial charge on any atom is 0.272 e. The van der Waals surface area contributed by atoms with Gasteiger partial charge in [-0.05, 0) is 25.0 Å². The van der Waals surface area contributed by atoms with E-state index in [1.54, 1.807) is 24.8 Å². The van der Waals surface area contributed by atoms with Crippen molar-refractivity contribution in [1.29, 1.82) is 0 Å². The number of aromatic nitrogens is 8. The maximum absolute atomic E-state index is 5.53. The van der Waals surface area contributed by atoms with Crippen LogP contribution in [0.1, 0.15) is 18.9 Å². The minimum absolute atomic E-state index is 0.397. The van der Waals surface area contributed by atoms with Crippen LogP contribution in [0.4, 0.5) is 5.82 Å². The van der Waals surface area contributed by atoms with Gasteiger partial charge in [0, 0.05) is 37.1 Å². The largest absolute Gasteiger partial charge is 0.378 e. The van der Waals surface area contributed by atoms with Crippen molar-refractivity contribution in [2.45, 2.75) is 18.9 Å². The number of nitrogens with zero attached hydrogens (tertiary/aromatic N) is 9. The Kier molecular flexibility index (Phi) is 3.76. The standard InChI is InChI=1S/C19H19N9O/c1-2-14(1)27-16(13-3-5-20-6-4-13)23-15-17(26-9-11-29-12-10-26)24-19(25-18(15)27)28-21-7-8-22-28/h3-8,14H,1-2,9-12H2. The van der Waals surface area contributed by atoms with Gasteiger partial charge in [0.25, 0.3) is 5.95 Å². The van der Waals surface area contributed by atoms with Gasteiger partial charge in [-0.2, -0.15) is 20.2 Å². The summed E-state index contributed by atoms with van der Waals surface area (Å²) in [6, 6.07) is 4.37. The molecule has 10 nitrogen and oxygen atoms in total. The van der Waals surface area contributed by atoms with Crippen LogP contribution in [0.25, 0.3) is 28.5 Å². The topological polar surface area (TPSA) is 99.7 Å². The van der Waals surface area contributed by atoms with Crippen molar-refractivity contribution >= 4 is 17.0 Å². The maximum atomic E-state index is 5.53. The van der Waals surface area contributed by atoms with Crippen molar-refractivity contribution in [2.24, 2.45) is 0 Å². The van der Waals surface area contributed by atoms with E-state index in [1.807, 2.05) is 12.1 Å². The van der Waals surface area contributed by atoms with Gasteiger partial charge in [-0.3, -0.25) is 4.98 Å². The lowest BCUT2D eigenvalue weighted by atomic mass is 10.2. The molecule has 4 aromatic rings. The van der Waals surface area contributed by atoms with Crippen molar-refractivity contribution in [3.8, 4) is 17.3 Å². The van der Waals surface area contributed by atoms with Crippen LogP contribution in [0.15, 0.2) is 36.9 Å². The number of hydrogen-bond acceptors (Lipinski definition) is 8. The van der Waals surface area contributed by atoms with E-state index in [4.69, 9.17) is 19.7 Å². The number of hydrogen-bond donors (Lipinski definition) is 0. The summed E-state index contributed by atoms with van der Waals surface area (Å²) in [6.07, 6.45) is 9.08. The molecule has 0 aromatic carbocycles. The summed E-state index contributed by atoms with van der Waals surface area (Å²) in [6.45, 7) is 2.86. The zero-order chi connectivity index (χ0) is 19.2. The predicted octanol–water partition coefficient (Wildman–Crippen LogP) is 1.64. The van der Waals surface area contributed by atoms with E-state index in [9.17, 15) is 0 Å². The van der Waals surface area contributed by atoms with E-state index in [-0.39, 0.29) is 0 Å². The lowest BCUT2D eigenvalue weighted by molar-refractivity contribution is 0.122. The molecule has 1 aliphatic carbocycles. The van der Waals surface area contributed by atoms with Gasteiger partial charge in [-0.25, -0.2) is 4.98 Å². The average molecular weight is 389 g/mol. The molecular weight excluding hydrogens is 370 g/mol. The van der Waals surface area contributed by atoms with E-state index in [2.05, 4.69) is 24.6 Å². The van der Waals surface area contributed by atoms with E-state index in [0.29, 0.717) is 25.2 Å². The van der Waals surface area contributed by atoms with Crippen molar-refractivity contribution in [1.82, 2.24) is 39.5 Å². The fraction of sp³-hybridized carbons (Fsp3) is 0.368. The van der Waals surface area contributed by atoms with Crippen LogP contribution in [0.5, 0.6) is 0 Å². The minimum atomic E-state index is 0.397. The molecule has 4 aromatic heterocycles. The Labute approximate surface area is 166 Å². The predicted molar refractivity (Wildman–Crippen MR) is 105 cm³/mol. The second kappa shape index (κ2) is 6.59. The van der Waals surface area contributed by atoms with E-state index in [1.165, 1.54) is 4.80 Å². The van der Waals surface area contributed by atoms with Crippen molar-refractivity contribution in [2.75, 3.05) is 31.2 Å². The van der Waals surface area contributed by atoms with Gasteiger partial charge < -0.3 is 14.2 Å². The second-order valence-electron chi connectivity index (χ2n) is 7.21. The quantitative estimate of drug-likeness (QED) is 0.519. The molecule has 6 rings (SSSR count). The van der Waals surface area contributed by atoms with Crippen molar-refractivity contribution < 1.29 is 4.74 Å². The first-order valence-electron chi connectivity index (χ1n) is 9.78. The SMILES string of the molecule is c1cc(-c2nc3c(N4CCOCC4)nc(-n4nccn4)nc3n2C2CC2)ccn1. The average Bonchev–Trinajstić information content (AvgIpc) is 3.32. The summed E-state index contributed by atoms with van der Waals surface area (Å²) in [4.78, 5) is 22.5. The van der Waals surface area contributed by atoms with Crippen LogP contribution in [0, 0.1) is 0 Å². The third kappa shape index (κ3) is 2.83. The normalized spacial score (nSPS) is 17.2. The lowest BCUT2D eigenvalue weighted by Crippen LogP contribution is -2.37. The smallest absolute Gasteiger partial charge is 0.272 e. The van der Waals surface area contributed by atoms with Gasteiger partial charge in [0.05, 0.1) is 25.6 Å². The molecule has 0 N–H and O–H groups in total. The summed E-state index contributed by atoms with van der Waals surface area (Å²) in [5, 5.41) is 8.47. The highest BCUT2D eigenvalue weighted by atomic mass is 16.5. The number of anilines is 1. The number of pyridine rings is 1. The summed E-state index contributed by atoms with van der Waals surface area (Å²) >= 11 is 0. The number of ether oxygens (including phenoxy) is 1. The minimum Gasteiger partial charge on any atom is -0.378 e. The Morgan fingerprint density at radius 1 is 0.897 bits per heavy atom. The third-order valence-electron chi connectivity index (χ3n) is 5.27. The summed E-state index contributed by atoms with van der Waals surface area (Å²) < 4.78 is 7.77. The van der Waals surface area contributed by atoms with E-state index in [0.717, 1.165) is 54.3 Å². The highest BCUT2D eigenvalue weighted by Gasteiger charge is 2.32. The Bertz CT molecular complexity index is 1150. The van der Waals surface area contributed by atoms with Gasteiger partial charge in [0.1, 0.15) is 5.82 Å². The molecular formula is C19H19N9O. The number of imidazole rings is 1. The van der Waals surface area contributed by atoms with Gasteiger partial charge in [-0.15, -0.1) is 4.80 Å². The Balaban J connectivity index is 1.62. The molecule has 0 spiro atoms. The molecule has 0 bridgehead atoms. The first-order valence-corrected chi connectivity index (χ1v) is 9.78. The second-order valence-corrected chi connectivity index (χ2v) is 7.21. The highest BCUT2D eigenvalue weighted by molar-refractivity contribution is 5.88. The monoisotopic (exact) mass is 389 g/mol. The molecule has 10 heteroatoms. The number of fused-ring (bicyclic) bond motifs is 1. The first-order chi connectivity index (χ1) is 14.4. The van der Waals surface area contributed by atoms with E-state index >= 15 is 0 Å². The molecule has 29 heavy (non-hydrogen) atoms. The molecule has 1 saturated carbocycles. The number of morpholine rings is 1. The van der Waals surface area contributed by atoms with Crippen LogP contribution in [-0.2, 0) is 4.74 Å². The van der Waals surface area contributed by atoms with Crippen molar-refractivity contribution in [3.63, 3.8) is 0 Å². The molecule has 0 amide bonds. The molecule has 0 unspecified atom stereocenters. The molecule has 1 saturated heterocycles. The van der Waals surface area contributed by atoms with Crippen LogP contribution in [0.2, 0.25) is 0 Å². The molecule has 5 heterocycles. The summed E-state index contributed by atoms with van der Waals surface area (Å²) in [5.74, 6) is 2.16. The van der Waals surface area contributed by atoms with Gasteiger partial charge in [-0.1, -0.05) is 0 Å². The van der Waals surface area contributed by atoms with Gasteiger partial charge in [0.2, 0.25) is 0 Å². The van der Waals surface area contributed by atoms with Gasteiger partial charge in [0.15, 0.2) is 17.0 Å². The van der Waals surface area contributed by atoms with E-state index < -0.39 is 0 Å². The van der Waals surface area contributed by atoms with Crippen molar-refractivity contribution in [3.05, 3.63) is 36.9 Å². The lowest BCUT2D eigenvalue weighted by Gasteiger charge is -2.27. The Morgan fingerprint density at radius 2 is 1.66 bits per heavy atom. The zero-order valence-corrected chi connectivity index (χ0v) is 15.7. The molecule has 2 fully saturated rings. The third-order valence-corrected chi connectivity index (χ3v) is 5.27. The highest BCUT2D eigenvalue weighted by Crippen LogP contribution is 2.42. The summed E-state index contributed by atoms with van der Waals surface area (Å²) in [7, 11) is 0. The molecule has 1 aliphatic heterocycles. The molecule has 146 valence electrons. The van der Waals surface area contributed by atoms with Crippen LogP contribution >= 0.6 is 0 Å². The molecule has 0 radical (unpaired) electrons. The molecule has 0 atom stereocenters.